The lowest BCUT2D eigenvalue weighted by molar-refractivity contribution is 0.0958. The van der Waals surface area contributed by atoms with Gasteiger partial charge in [0.05, 0.1) is 5.51 Å². The van der Waals surface area contributed by atoms with Crippen LogP contribution in [0.3, 0.4) is 0 Å². The number of aromatic nitrogens is 1. The first-order chi connectivity index (χ1) is 8.27. The molecule has 17 heavy (non-hydrogen) atoms. The van der Waals surface area contributed by atoms with E-state index in [2.05, 4.69) is 16.4 Å². The van der Waals surface area contributed by atoms with Crippen LogP contribution < -0.4 is 5.32 Å². The van der Waals surface area contributed by atoms with Gasteiger partial charge in [-0.1, -0.05) is 23.3 Å². The van der Waals surface area contributed by atoms with E-state index < -0.39 is 0 Å². The summed E-state index contributed by atoms with van der Waals surface area (Å²) in [6.45, 7) is 0.679. The van der Waals surface area contributed by atoms with Crippen molar-refractivity contribution in [3.8, 4) is 0 Å². The molecule has 1 amide bonds. The summed E-state index contributed by atoms with van der Waals surface area (Å²) in [6, 6.07) is 0. The van der Waals surface area contributed by atoms with Crippen LogP contribution in [0.5, 0.6) is 0 Å². The van der Waals surface area contributed by atoms with Crippen molar-refractivity contribution < 1.29 is 4.79 Å². The molecule has 0 spiro atoms. The van der Waals surface area contributed by atoms with E-state index in [9.17, 15) is 4.79 Å². The lowest BCUT2D eigenvalue weighted by Gasteiger charge is -2.12. The van der Waals surface area contributed by atoms with E-state index in [-0.39, 0.29) is 5.91 Å². The monoisotopic (exact) mass is 270 g/mol. The van der Waals surface area contributed by atoms with E-state index in [1.807, 2.05) is 0 Å². The lowest BCUT2D eigenvalue weighted by Crippen LogP contribution is -2.24. The molecule has 1 aromatic heterocycles. The Morgan fingerprint density at radius 3 is 3.06 bits per heavy atom. The molecule has 0 bridgehead atoms. The van der Waals surface area contributed by atoms with Crippen molar-refractivity contribution in [1.82, 2.24) is 10.3 Å². The summed E-state index contributed by atoms with van der Waals surface area (Å²) in [6.07, 6.45) is 8.19. The molecule has 0 saturated carbocycles. The lowest BCUT2D eigenvalue weighted by atomic mass is 9.97. The Morgan fingerprint density at radius 2 is 2.41 bits per heavy atom. The molecule has 0 aromatic carbocycles. The van der Waals surface area contributed by atoms with Crippen molar-refractivity contribution in [2.24, 2.45) is 0 Å². The summed E-state index contributed by atoms with van der Waals surface area (Å²) < 4.78 is 0. The number of rotatable bonds is 4. The van der Waals surface area contributed by atoms with Gasteiger partial charge in [0.2, 0.25) is 0 Å². The second kappa shape index (κ2) is 6.17. The molecule has 0 atom stereocenters. The van der Waals surface area contributed by atoms with E-state index in [1.165, 1.54) is 42.6 Å². The number of thiazole rings is 1. The van der Waals surface area contributed by atoms with Crippen molar-refractivity contribution in [2.75, 3.05) is 6.54 Å². The van der Waals surface area contributed by atoms with Crippen LogP contribution in [0.1, 0.15) is 41.8 Å². The number of hydrogen-bond donors (Lipinski definition) is 1. The number of hydrogen-bond acceptors (Lipinski definition) is 3. The zero-order valence-corrected chi connectivity index (χ0v) is 11.1. The molecule has 1 N–H and O–H groups in total. The van der Waals surface area contributed by atoms with Crippen LogP contribution in [0.4, 0.5) is 0 Å². The van der Waals surface area contributed by atoms with Gasteiger partial charge in [-0.25, -0.2) is 4.98 Å². The Morgan fingerprint density at radius 1 is 1.53 bits per heavy atom. The summed E-state index contributed by atoms with van der Waals surface area (Å²) in [7, 11) is 0. The highest BCUT2D eigenvalue weighted by Crippen LogP contribution is 2.20. The third-order valence-corrected chi connectivity index (χ3v) is 4.07. The zero-order valence-electron chi connectivity index (χ0n) is 9.54. The number of carbonyl (C=O) groups excluding carboxylic acids is 1. The Kier molecular flexibility index (Phi) is 4.57. The normalized spacial score (nSPS) is 15.5. The average molecular weight is 271 g/mol. The smallest absolute Gasteiger partial charge is 0.264 e. The van der Waals surface area contributed by atoms with Gasteiger partial charge in [0.15, 0.2) is 5.15 Å². The van der Waals surface area contributed by atoms with Gasteiger partial charge >= 0.3 is 0 Å². The summed E-state index contributed by atoms with van der Waals surface area (Å²) in [4.78, 5) is 16.1. The van der Waals surface area contributed by atoms with Gasteiger partial charge in [-0.3, -0.25) is 4.79 Å². The highest BCUT2D eigenvalue weighted by atomic mass is 35.5. The van der Waals surface area contributed by atoms with Gasteiger partial charge in [0.25, 0.3) is 5.91 Å². The Balaban J connectivity index is 1.77. The first kappa shape index (κ1) is 12.6. The minimum Gasteiger partial charge on any atom is -0.351 e. The molecule has 0 aliphatic heterocycles. The van der Waals surface area contributed by atoms with Gasteiger partial charge in [0.1, 0.15) is 4.88 Å². The quantitative estimate of drug-likeness (QED) is 0.852. The maximum Gasteiger partial charge on any atom is 0.264 e. The van der Waals surface area contributed by atoms with Crippen LogP contribution in [0.15, 0.2) is 17.2 Å². The second-order valence-electron chi connectivity index (χ2n) is 4.09. The molecule has 0 saturated heterocycles. The fourth-order valence-electron chi connectivity index (χ4n) is 1.93. The second-order valence-corrected chi connectivity index (χ2v) is 5.30. The van der Waals surface area contributed by atoms with Gasteiger partial charge in [-0.15, -0.1) is 11.3 Å². The maximum atomic E-state index is 11.7. The van der Waals surface area contributed by atoms with Crippen LogP contribution in [0, 0.1) is 0 Å². The Labute approximate surface area is 110 Å². The highest BCUT2D eigenvalue weighted by Gasteiger charge is 2.12. The van der Waals surface area contributed by atoms with Gasteiger partial charge < -0.3 is 5.32 Å². The van der Waals surface area contributed by atoms with E-state index in [0.29, 0.717) is 16.6 Å². The fourth-order valence-corrected chi connectivity index (χ4v) is 2.85. The summed E-state index contributed by atoms with van der Waals surface area (Å²) in [5, 5.41) is 3.18. The zero-order chi connectivity index (χ0) is 12.1. The molecule has 5 heteroatoms. The molecular formula is C12H15ClN2OS. The minimum absolute atomic E-state index is 0.117. The molecule has 1 aliphatic rings. The van der Waals surface area contributed by atoms with Crippen molar-refractivity contribution in [3.05, 3.63) is 27.2 Å². The third kappa shape index (κ3) is 3.54. The maximum absolute atomic E-state index is 11.7. The largest absolute Gasteiger partial charge is 0.351 e. The predicted molar refractivity (Wildman–Crippen MR) is 70.6 cm³/mol. The number of amides is 1. The van der Waals surface area contributed by atoms with Crippen LogP contribution in [0.25, 0.3) is 0 Å². The molecule has 1 aliphatic carbocycles. The highest BCUT2D eigenvalue weighted by molar-refractivity contribution is 7.12. The predicted octanol–water partition coefficient (Wildman–Crippen LogP) is 3.42. The van der Waals surface area contributed by atoms with Crippen LogP contribution >= 0.6 is 22.9 Å². The molecule has 0 radical (unpaired) electrons. The van der Waals surface area contributed by atoms with Crippen molar-refractivity contribution in [3.63, 3.8) is 0 Å². The van der Waals surface area contributed by atoms with Crippen LogP contribution in [-0.2, 0) is 0 Å². The first-order valence-electron chi connectivity index (χ1n) is 5.82. The van der Waals surface area contributed by atoms with Gasteiger partial charge in [0, 0.05) is 6.54 Å². The van der Waals surface area contributed by atoms with Gasteiger partial charge in [-0.05, 0) is 32.1 Å². The Bertz CT molecular complexity index is 428. The number of allylic oxidation sites excluding steroid dienone is 1. The van der Waals surface area contributed by atoms with E-state index in [4.69, 9.17) is 11.6 Å². The molecule has 92 valence electrons. The number of halogens is 1. The summed E-state index contributed by atoms with van der Waals surface area (Å²) in [5.74, 6) is -0.117. The topological polar surface area (TPSA) is 42.0 Å². The van der Waals surface area contributed by atoms with Crippen molar-refractivity contribution >= 4 is 28.8 Å². The number of carbonyl (C=O) groups is 1. The van der Waals surface area contributed by atoms with Crippen LogP contribution in [-0.4, -0.2) is 17.4 Å². The summed E-state index contributed by atoms with van der Waals surface area (Å²) in [5.41, 5.74) is 3.05. The molecule has 0 unspecified atom stereocenters. The molecule has 1 heterocycles. The molecule has 2 rings (SSSR count). The summed E-state index contributed by atoms with van der Waals surface area (Å²) >= 11 is 7.06. The number of nitrogens with zero attached hydrogens (tertiary/aromatic N) is 1. The SMILES string of the molecule is O=C(NCCC1=CCCCC1)c1scnc1Cl. The van der Waals surface area contributed by atoms with Crippen LogP contribution in [0.2, 0.25) is 5.15 Å². The van der Waals surface area contributed by atoms with E-state index in [0.717, 1.165) is 6.42 Å². The minimum atomic E-state index is -0.117. The standard InChI is InChI=1S/C12H15ClN2OS/c13-11-10(17-8-15-11)12(16)14-7-6-9-4-2-1-3-5-9/h4,8H,1-3,5-7H2,(H,14,16). The first-order valence-corrected chi connectivity index (χ1v) is 7.08. The third-order valence-electron chi connectivity index (χ3n) is 2.85. The molecular weight excluding hydrogens is 256 g/mol. The fraction of sp³-hybridized carbons (Fsp3) is 0.500. The average Bonchev–Trinajstić information content (AvgIpc) is 2.77. The van der Waals surface area contributed by atoms with E-state index in [1.54, 1.807) is 5.51 Å². The molecule has 3 nitrogen and oxygen atoms in total. The van der Waals surface area contributed by atoms with E-state index >= 15 is 0 Å². The molecule has 1 aromatic rings. The van der Waals surface area contributed by atoms with Crippen molar-refractivity contribution in [1.29, 1.82) is 0 Å². The Hall–Kier alpha value is -0.870. The molecule has 0 fully saturated rings. The van der Waals surface area contributed by atoms with Gasteiger partial charge in [-0.2, -0.15) is 0 Å². The number of nitrogens with one attached hydrogen (secondary N) is 1. The van der Waals surface area contributed by atoms with Crippen molar-refractivity contribution in [2.45, 2.75) is 32.1 Å².